The third kappa shape index (κ3) is 3.19. The Labute approximate surface area is 156 Å². The molecule has 0 fully saturated rings. The molecule has 0 unspecified atom stereocenters. The lowest BCUT2D eigenvalue weighted by Gasteiger charge is -2.07. The summed E-state index contributed by atoms with van der Waals surface area (Å²) in [6, 6.07) is 18.7. The van der Waals surface area contributed by atoms with Crippen molar-refractivity contribution in [3.63, 3.8) is 0 Å². The molecule has 4 aromatic rings. The highest BCUT2D eigenvalue weighted by atomic mass is 35.5. The number of fused-ring (bicyclic) bond motifs is 1. The normalized spacial score (nSPS) is 10.8. The fourth-order valence-corrected chi connectivity index (χ4v) is 3.01. The minimum Gasteiger partial charge on any atom is -0.322 e. The van der Waals surface area contributed by atoms with Crippen LogP contribution < -0.4 is 5.32 Å². The second kappa shape index (κ2) is 6.65. The van der Waals surface area contributed by atoms with E-state index in [4.69, 9.17) is 11.6 Å². The van der Waals surface area contributed by atoms with E-state index in [1.54, 1.807) is 24.3 Å². The van der Waals surface area contributed by atoms with Crippen molar-refractivity contribution in [2.24, 2.45) is 0 Å². The molecule has 0 spiro atoms. The highest BCUT2D eigenvalue weighted by Crippen LogP contribution is 2.23. The van der Waals surface area contributed by atoms with Crippen LogP contribution >= 0.6 is 11.6 Å². The molecular weight excluding hydrogens is 346 g/mol. The average Bonchev–Trinajstić information content (AvgIpc) is 3.05. The fraction of sp³-hybridized carbons (Fsp3) is 0.0476. The Kier molecular flexibility index (Phi) is 4.19. The summed E-state index contributed by atoms with van der Waals surface area (Å²) in [5.41, 5.74) is 5.12. The van der Waals surface area contributed by atoms with Gasteiger partial charge in [-0.25, -0.2) is 4.98 Å². The minimum atomic E-state index is -0.230. The summed E-state index contributed by atoms with van der Waals surface area (Å²) >= 11 is 6.07. The van der Waals surface area contributed by atoms with Crippen LogP contribution in [-0.2, 0) is 0 Å². The Morgan fingerprint density at radius 3 is 2.62 bits per heavy atom. The number of carbonyl (C=O) groups is 1. The first-order valence-corrected chi connectivity index (χ1v) is 8.60. The summed E-state index contributed by atoms with van der Waals surface area (Å²) < 4.78 is 2.00. The van der Waals surface area contributed by atoms with Gasteiger partial charge in [0.05, 0.1) is 16.3 Å². The van der Waals surface area contributed by atoms with E-state index >= 15 is 0 Å². The van der Waals surface area contributed by atoms with Crippen LogP contribution in [0.15, 0.2) is 73.1 Å². The lowest BCUT2D eigenvalue weighted by Crippen LogP contribution is -2.12. The van der Waals surface area contributed by atoms with Gasteiger partial charge < -0.3 is 9.72 Å². The van der Waals surface area contributed by atoms with E-state index in [0.717, 1.165) is 16.9 Å². The molecule has 26 heavy (non-hydrogen) atoms. The monoisotopic (exact) mass is 361 g/mol. The van der Waals surface area contributed by atoms with E-state index in [2.05, 4.69) is 10.3 Å². The van der Waals surface area contributed by atoms with Crippen molar-refractivity contribution in [1.82, 2.24) is 9.38 Å². The minimum absolute atomic E-state index is 0.230. The number of anilines is 1. The van der Waals surface area contributed by atoms with E-state index in [9.17, 15) is 4.79 Å². The molecule has 2 aromatic heterocycles. The first-order valence-electron chi connectivity index (χ1n) is 8.22. The summed E-state index contributed by atoms with van der Waals surface area (Å²) in [7, 11) is 0. The standard InChI is InChI=1S/C21H16ClN3O/c1-14-10-11-25-13-19(24-20(25)12-14)15-6-8-16(9-7-15)23-21(26)17-4-2-3-5-18(17)22/h2-13H,1H3,(H,23,26). The van der Waals surface area contributed by atoms with Gasteiger partial charge in [0.25, 0.3) is 5.91 Å². The topological polar surface area (TPSA) is 46.4 Å². The number of amides is 1. The van der Waals surface area contributed by atoms with Crippen molar-refractivity contribution in [2.75, 3.05) is 5.32 Å². The van der Waals surface area contributed by atoms with E-state index < -0.39 is 0 Å². The van der Waals surface area contributed by atoms with Gasteiger partial charge in [-0.05, 0) is 48.9 Å². The molecule has 0 saturated heterocycles. The Hall–Kier alpha value is -3.11. The molecule has 0 aliphatic rings. The molecule has 0 aliphatic carbocycles. The van der Waals surface area contributed by atoms with Crippen molar-refractivity contribution in [3.05, 3.63) is 89.2 Å². The molecule has 2 heterocycles. The number of hydrogen-bond acceptors (Lipinski definition) is 2. The van der Waals surface area contributed by atoms with E-state index in [1.807, 2.05) is 60.1 Å². The Bertz CT molecular complexity index is 1100. The summed E-state index contributed by atoms with van der Waals surface area (Å²) in [5.74, 6) is -0.230. The molecule has 1 N–H and O–H groups in total. The lowest BCUT2D eigenvalue weighted by atomic mass is 10.1. The number of pyridine rings is 1. The molecule has 4 nitrogen and oxygen atoms in total. The third-order valence-corrected chi connectivity index (χ3v) is 4.50. The second-order valence-electron chi connectivity index (χ2n) is 6.11. The van der Waals surface area contributed by atoms with Crippen LogP contribution in [0.3, 0.4) is 0 Å². The molecule has 0 bridgehead atoms. The maximum Gasteiger partial charge on any atom is 0.257 e. The van der Waals surface area contributed by atoms with Gasteiger partial charge in [-0.1, -0.05) is 35.9 Å². The highest BCUT2D eigenvalue weighted by molar-refractivity contribution is 6.34. The largest absolute Gasteiger partial charge is 0.322 e. The van der Waals surface area contributed by atoms with Gasteiger partial charge in [0.1, 0.15) is 5.65 Å². The van der Waals surface area contributed by atoms with Crippen LogP contribution in [0.1, 0.15) is 15.9 Å². The number of nitrogens with one attached hydrogen (secondary N) is 1. The van der Waals surface area contributed by atoms with Crippen LogP contribution in [0.4, 0.5) is 5.69 Å². The lowest BCUT2D eigenvalue weighted by molar-refractivity contribution is 0.102. The zero-order valence-corrected chi connectivity index (χ0v) is 14.9. The van der Waals surface area contributed by atoms with E-state index in [1.165, 1.54) is 5.56 Å². The summed E-state index contributed by atoms with van der Waals surface area (Å²) in [6.07, 6.45) is 3.99. The van der Waals surface area contributed by atoms with Crippen LogP contribution in [0.2, 0.25) is 5.02 Å². The SMILES string of the molecule is Cc1ccn2cc(-c3ccc(NC(=O)c4ccccc4Cl)cc3)nc2c1. The smallest absolute Gasteiger partial charge is 0.257 e. The number of halogens is 1. The quantitative estimate of drug-likeness (QED) is 0.544. The van der Waals surface area contributed by atoms with Crippen molar-refractivity contribution >= 4 is 28.8 Å². The van der Waals surface area contributed by atoms with E-state index in [-0.39, 0.29) is 5.91 Å². The predicted octanol–water partition coefficient (Wildman–Crippen LogP) is 5.22. The number of rotatable bonds is 3. The van der Waals surface area contributed by atoms with Crippen LogP contribution in [-0.4, -0.2) is 15.3 Å². The van der Waals surface area contributed by atoms with Crippen molar-refractivity contribution < 1.29 is 4.79 Å². The molecule has 0 radical (unpaired) electrons. The van der Waals surface area contributed by atoms with Crippen LogP contribution in [0.25, 0.3) is 16.9 Å². The number of hydrogen-bond donors (Lipinski definition) is 1. The molecule has 0 aliphatic heterocycles. The molecule has 4 rings (SSSR count). The molecule has 5 heteroatoms. The molecule has 128 valence electrons. The van der Waals surface area contributed by atoms with Gasteiger partial charge in [0.2, 0.25) is 0 Å². The highest BCUT2D eigenvalue weighted by Gasteiger charge is 2.10. The zero-order chi connectivity index (χ0) is 18.1. The third-order valence-electron chi connectivity index (χ3n) is 4.17. The van der Waals surface area contributed by atoms with Crippen LogP contribution in [0, 0.1) is 6.92 Å². The number of benzene rings is 2. The number of carbonyl (C=O) groups excluding carboxylic acids is 1. The van der Waals surface area contributed by atoms with Crippen molar-refractivity contribution in [2.45, 2.75) is 6.92 Å². The van der Waals surface area contributed by atoms with Gasteiger partial charge in [0, 0.05) is 23.6 Å². The number of aromatic nitrogens is 2. The van der Waals surface area contributed by atoms with Gasteiger partial charge in [-0.15, -0.1) is 0 Å². The van der Waals surface area contributed by atoms with Gasteiger partial charge in [0.15, 0.2) is 0 Å². The van der Waals surface area contributed by atoms with Gasteiger partial charge in [-0.3, -0.25) is 4.79 Å². The first-order chi connectivity index (χ1) is 12.6. The molecule has 0 atom stereocenters. The van der Waals surface area contributed by atoms with E-state index in [0.29, 0.717) is 16.3 Å². The summed E-state index contributed by atoms with van der Waals surface area (Å²) in [4.78, 5) is 17.0. The predicted molar refractivity (Wildman–Crippen MR) is 105 cm³/mol. The number of aryl methyl sites for hydroxylation is 1. The van der Waals surface area contributed by atoms with Crippen molar-refractivity contribution in [1.29, 1.82) is 0 Å². The summed E-state index contributed by atoms with van der Waals surface area (Å²) in [5, 5.41) is 3.29. The molecular formula is C21H16ClN3O. The van der Waals surface area contributed by atoms with Gasteiger partial charge in [-0.2, -0.15) is 0 Å². The van der Waals surface area contributed by atoms with Crippen LogP contribution in [0.5, 0.6) is 0 Å². The maximum absolute atomic E-state index is 12.3. The maximum atomic E-state index is 12.3. The number of imidazole rings is 1. The zero-order valence-electron chi connectivity index (χ0n) is 14.1. The number of nitrogens with zero attached hydrogens (tertiary/aromatic N) is 2. The molecule has 2 aromatic carbocycles. The Balaban J connectivity index is 1.56. The average molecular weight is 362 g/mol. The van der Waals surface area contributed by atoms with Crippen molar-refractivity contribution in [3.8, 4) is 11.3 Å². The Morgan fingerprint density at radius 1 is 1.08 bits per heavy atom. The molecule has 1 amide bonds. The fourth-order valence-electron chi connectivity index (χ4n) is 2.79. The first kappa shape index (κ1) is 16.4. The summed E-state index contributed by atoms with van der Waals surface area (Å²) in [6.45, 7) is 2.05. The van der Waals surface area contributed by atoms with Gasteiger partial charge >= 0.3 is 0 Å². The Morgan fingerprint density at radius 2 is 1.85 bits per heavy atom. The second-order valence-corrected chi connectivity index (χ2v) is 6.51. The molecule has 0 saturated carbocycles.